The third-order valence-electron chi connectivity index (χ3n) is 6.83. The lowest BCUT2D eigenvalue weighted by atomic mass is 10.00. The van der Waals surface area contributed by atoms with Crippen LogP contribution in [0.4, 0.5) is 0 Å². The summed E-state index contributed by atoms with van der Waals surface area (Å²) in [7, 11) is -2.23. The first-order chi connectivity index (χ1) is 16.8. The van der Waals surface area contributed by atoms with Crippen LogP contribution in [0.2, 0.25) is 0 Å². The Bertz CT molecular complexity index is 1430. The normalized spacial score (nSPS) is 18.4. The van der Waals surface area contributed by atoms with Crippen molar-refractivity contribution in [1.82, 2.24) is 4.31 Å². The monoisotopic (exact) mass is 497 g/mol. The van der Waals surface area contributed by atoms with E-state index in [1.165, 1.54) is 40.7 Å². The molecular weight excluding hydrogens is 470 g/mol. The molecule has 2 aliphatic rings. The predicted molar refractivity (Wildman–Crippen MR) is 129 cm³/mol. The standard InChI is InChI=1S/C26H27NO7S/c1-32-21-7-9-22(10-8-21)35(30,31)27-11-3-6-19(15-27)26(29)33-16-20-14-25(28)34-24-13-18-5-2-4-17(18)12-23(20)24/h7-10,12-14,19H,2-6,11,15-16H2,1H3. The minimum absolute atomic E-state index is 0.0539. The Morgan fingerprint density at radius 2 is 1.83 bits per heavy atom. The molecule has 2 heterocycles. The third-order valence-corrected chi connectivity index (χ3v) is 8.71. The van der Waals surface area contributed by atoms with Crippen LogP contribution in [0.5, 0.6) is 5.75 Å². The summed E-state index contributed by atoms with van der Waals surface area (Å²) in [6.07, 6.45) is 4.10. The van der Waals surface area contributed by atoms with Crippen molar-refractivity contribution >= 4 is 27.0 Å². The van der Waals surface area contributed by atoms with E-state index < -0.39 is 27.5 Å². The smallest absolute Gasteiger partial charge is 0.336 e. The maximum absolute atomic E-state index is 13.1. The highest BCUT2D eigenvalue weighted by molar-refractivity contribution is 7.89. The molecular formula is C26H27NO7S. The lowest BCUT2D eigenvalue weighted by Crippen LogP contribution is -2.42. The number of carbonyl (C=O) groups excluding carboxylic acids is 1. The minimum atomic E-state index is -3.74. The average Bonchev–Trinajstić information content (AvgIpc) is 3.33. The second-order valence-electron chi connectivity index (χ2n) is 9.05. The van der Waals surface area contributed by atoms with Crippen molar-refractivity contribution in [2.75, 3.05) is 20.2 Å². The van der Waals surface area contributed by atoms with E-state index in [4.69, 9.17) is 13.9 Å². The van der Waals surface area contributed by atoms with E-state index in [0.717, 1.165) is 24.6 Å². The minimum Gasteiger partial charge on any atom is -0.497 e. The Morgan fingerprint density at radius 3 is 2.57 bits per heavy atom. The molecule has 1 saturated heterocycles. The molecule has 9 heteroatoms. The van der Waals surface area contributed by atoms with Gasteiger partial charge in [0.25, 0.3) is 0 Å². The number of carbonyl (C=O) groups is 1. The van der Waals surface area contributed by atoms with Gasteiger partial charge in [-0.3, -0.25) is 4.79 Å². The first-order valence-electron chi connectivity index (χ1n) is 11.7. The Hall–Kier alpha value is -3.17. The van der Waals surface area contributed by atoms with Crippen LogP contribution in [-0.2, 0) is 39.0 Å². The molecule has 1 fully saturated rings. The quantitative estimate of drug-likeness (QED) is 0.380. The lowest BCUT2D eigenvalue weighted by molar-refractivity contribution is -0.151. The number of fused-ring (bicyclic) bond motifs is 2. The van der Waals surface area contributed by atoms with Crippen LogP contribution in [0.15, 0.2) is 56.6 Å². The molecule has 0 spiro atoms. The molecule has 0 radical (unpaired) electrons. The molecule has 5 rings (SSSR count). The summed E-state index contributed by atoms with van der Waals surface area (Å²) < 4.78 is 43.6. The number of nitrogens with zero attached hydrogens (tertiary/aromatic N) is 1. The van der Waals surface area contributed by atoms with Crippen LogP contribution in [-0.4, -0.2) is 38.9 Å². The zero-order valence-electron chi connectivity index (χ0n) is 19.5. The molecule has 8 nitrogen and oxygen atoms in total. The van der Waals surface area contributed by atoms with Gasteiger partial charge in [0.05, 0.1) is 17.9 Å². The number of rotatable bonds is 6. The molecule has 0 amide bonds. The molecule has 1 atom stereocenters. The molecule has 1 aliphatic heterocycles. The van der Waals surface area contributed by atoms with Crippen molar-refractivity contribution in [3.05, 3.63) is 69.6 Å². The molecule has 0 saturated carbocycles. The van der Waals surface area contributed by atoms with Gasteiger partial charge in [-0.25, -0.2) is 13.2 Å². The molecule has 1 aromatic heterocycles. The van der Waals surface area contributed by atoms with Gasteiger partial charge in [-0.05, 0) is 79.6 Å². The van der Waals surface area contributed by atoms with Crippen LogP contribution in [0.25, 0.3) is 11.0 Å². The van der Waals surface area contributed by atoms with E-state index in [1.807, 2.05) is 12.1 Å². The number of benzene rings is 2. The summed E-state index contributed by atoms with van der Waals surface area (Å²) in [5, 5.41) is 0.769. The van der Waals surface area contributed by atoms with E-state index >= 15 is 0 Å². The van der Waals surface area contributed by atoms with Gasteiger partial charge in [0, 0.05) is 30.1 Å². The maximum atomic E-state index is 13.1. The molecule has 35 heavy (non-hydrogen) atoms. The van der Waals surface area contributed by atoms with Gasteiger partial charge in [0.15, 0.2) is 0 Å². The topological polar surface area (TPSA) is 103 Å². The van der Waals surface area contributed by atoms with Crippen molar-refractivity contribution in [2.24, 2.45) is 5.92 Å². The fourth-order valence-corrected chi connectivity index (χ4v) is 6.45. The number of esters is 1. The number of methoxy groups -OCH3 is 1. The summed E-state index contributed by atoms with van der Waals surface area (Å²) in [5.74, 6) is -0.480. The number of hydrogen-bond donors (Lipinski definition) is 0. The third kappa shape index (κ3) is 4.70. The van der Waals surface area contributed by atoms with Gasteiger partial charge in [-0.15, -0.1) is 0 Å². The molecule has 1 aliphatic carbocycles. The molecule has 2 aromatic carbocycles. The zero-order valence-corrected chi connectivity index (χ0v) is 20.3. The molecule has 0 N–H and O–H groups in total. The average molecular weight is 498 g/mol. The van der Waals surface area contributed by atoms with Crippen LogP contribution in [0.1, 0.15) is 36.0 Å². The summed E-state index contributed by atoms with van der Waals surface area (Å²) >= 11 is 0. The van der Waals surface area contributed by atoms with Crippen LogP contribution in [0.3, 0.4) is 0 Å². The Kier molecular flexibility index (Phi) is 6.37. The van der Waals surface area contributed by atoms with Crippen molar-refractivity contribution in [1.29, 1.82) is 0 Å². The van der Waals surface area contributed by atoms with Crippen molar-refractivity contribution in [3.63, 3.8) is 0 Å². The fraction of sp³-hybridized carbons (Fsp3) is 0.385. The van der Waals surface area contributed by atoms with Gasteiger partial charge >= 0.3 is 11.6 Å². The van der Waals surface area contributed by atoms with E-state index in [9.17, 15) is 18.0 Å². The molecule has 0 bridgehead atoms. The highest BCUT2D eigenvalue weighted by Gasteiger charge is 2.34. The van der Waals surface area contributed by atoms with Crippen LogP contribution < -0.4 is 10.4 Å². The maximum Gasteiger partial charge on any atom is 0.336 e. The number of sulfonamides is 1. The second kappa shape index (κ2) is 9.47. The molecule has 184 valence electrons. The fourth-order valence-electron chi connectivity index (χ4n) is 4.93. The lowest BCUT2D eigenvalue weighted by Gasteiger charge is -2.30. The van der Waals surface area contributed by atoms with Crippen molar-refractivity contribution in [3.8, 4) is 5.75 Å². The first-order valence-corrected chi connectivity index (χ1v) is 13.2. The SMILES string of the molecule is COc1ccc(S(=O)(=O)N2CCCC(C(=O)OCc3cc(=O)oc4cc5c(cc34)CCC5)C2)cc1. The first kappa shape index (κ1) is 23.6. The van der Waals surface area contributed by atoms with Crippen LogP contribution >= 0.6 is 0 Å². The number of aryl methyl sites for hydroxylation is 2. The van der Waals surface area contributed by atoms with Gasteiger partial charge in [0.2, 0.25) is 10.0 Å². The van der Waals surface area contributed by atoms with Crippen LogP contribution in [0, 0.1) is 5.92 Å². The van der Waals surface area contributed by atoms with E-state index in [-0.39, 0.29) is 18.0 Å². The van der Waals surface area contributed by atoms with Crippen molar-refractivity contribution < 1.29 is 27.1 Å². The van der Waals surface area contributed by atoms with Crippen molar-refractivity contribution in [2.45, 2.75) is 43.6 Å². The highest BCUT2D eigenvalue weighted by Crippen LogP contribution is 2.30. The summed E-state index contributed by atoms with van der Waals surface area (Å²) in [6.45, 7) is 0.327. The van der Waals surface area contributed by atoms with Gasteiger partial charge in [-0.2, -0.15) is 4.31 Å². The van der Waals surface area contributed by atoms with E-state index in [0.29, 0.717) is 36.3 Å². The Balaban J connectivity index is 1.30. The predicted octanol–water partition coefficient (Wildman–Crippen LogP) is 3.43. The molecule has 1 unspecified atom stereocenters. The number of hydrogen-bond acceptors (Lipinski definition) is 7. The van der Waals surface area contributed by atoms with E-state index in [1.54, 1.807) is 12.1 Å². The summed E-state index contributed by atoms with van der Waals surface area (Å²) in [6, 6.07) is 11.5. The van der Waals surface area contributed by atoms with Gasteiger partial charge in [-0.1, -0.05) is 0 Å². The van der Waals surface area contributed by atoms with Gasteiger partial charge < -0.3 is 13.9 Å². The summed E-state index contributed by atoms with van der Waals surface area (Å²) in [4.78, 5) is 25.2. The summed E-state index contributed by atoms with van der Waals surface area (Å²) in [5.41, 5.74) is 3.02. The molecule has 3 aromatic rings. The Labute approximate surface area is 203 Å². The Morgan fingerprint density at radius 1 is 1.09 bits per heavy atom. The van der Waals surface area contributed by atoms with Gasteiger partial charge in [0.1, 0.15) is 17.9 Å². The van der Waals surface area contributed by atoms with E-state index in [2.05, 4.69) is 0 Å². The highest BCUT2D eigenvalue weighted by atomic mass is 32.2. The largest absolute Gasteiger partial charge is 0.497 e. The zero-order chi connectivity index (χ0) is 24.6. The number of ether oxygens (including phenoxy) is 2. The second-order valence-corrected chi connectivity index (χ2v) is 11.0. The number of piperidine rings is 1.